The smallest absolute Gasteiger partial charge is 0.202 e. The first-order valence-electron chi connectivity index (χ1n) is 4.87. The largest absolute Gasteiger partial charge is 0.345 e. The molecule has 0 spiro atoms. The van der Waals surface area contributed by atoms with Crippen LogP contribution in [0.25, 0.3) is 0 Å². The van der Waals surface area contributed by atoms with Crippen molar-refractivity contribution in [3.05, 3.63) is 11.9 Å². The van der Waals surface area contributed by atoms with Gasteiger partial charge in [-0.3, -0.25) is 0 Å². The van der Waals surface area contributed by atoms with Crippen LogP contribution in [0.2, 0.25) is 0 Å². The third-order valence-electron chi connectivity index (χ3n) is 2.27. The second-order valence-electron chi connectivity index (χ2n) is 4.61. The number of imidazole rings is 1. The Morgan fingerprint density at radius 1 is 1.57 bits per heavy atom. The average molecular weight is 196 g/mol. The fourth-order valence-corrected chi connectivity index (χ4v) is 1.37. The number of rotatable bonds is 4. The van der Waals surface area contributed by atoms with Gasteiger partial charge in [-0.05, 0) is 18.9 Å². The molecule has 0 unspecified atom stereocenters. The molecule has 0 aromatic carbocycles. The van der Waals surface area contributed by atoms with Gasteiger partial charge in [0.2, 0.25) is 5.95 Å². The van der Waals surface area contributed by atoms with Crippen molar-refractivity contribution in [2.24, 2.45) is 11.1 Å². The Bertz CT molecular complexity index is 290. The van der Waals surface area contributed by atoms with Crippen LogP contribution in [0.4, 0.5) is 5.95 Å². The van der Waals surface area contributed by atoms with Gasteiger partial charge in [0.1, 0.15) is 0 Å². The van der Waals surface area contributed by atoms with E-state index in [0.717, 1.165) is 18.2 Å². The Kier molecular flexibility index (Phi) is 3.16. The fraction of sp³-hybridized carbons (Fsp3) is 0.700. The van der Waals surface area contributed by atoms with Crippen LogP contribution in [-0.2, 0) is 0 Å². The van der Waals surface area contributed by atoms with Crippen LogP contribution in [0.15, 0.2) is 6.20 Å². The second-order valence-corrected chi connectivity index (χ2v) is 4.61. The lowest BCUT2D eigenvalue weighted by Crippen LogP contribution is -2.37. The molecule has 0 saturated carbocycles. The minimum absolute atomic E-state index is 0.120. The van der Waals surface area contributed by atoms with Crippen LogP contribution < -0.4 is 10.6 Å². The lowest BCUT2D eigenvalue weighted by atomic mass is 9.93. The van der Waals surface area contributed by atoms with Crippen molar-refractivity contribution < 1.29 is 0 Å². The molecule has 4 heteroatoms. The second kappa shape index (κ2) is 4.00. The third kappa shape index (κ3) is 2.73. The first-order chi connectivity index (χ1) is 6.44. The summed E-state index contributed by atoms with van der Waals surface area (Å²) in [5, 5.41) is 0. The quantitative estimate of drug-likeness (QED) is 0.759. The van der Waals surface area contributed by atoms with E-state index in [-0.39, 0.29) is 5.41 Å². The summed E-state index contributed by atoms with van der Waals surface area (Å²) in [5.41, 5.74) is 6.88. The van der Waals surface area contributed by atoms with Gasteiger partial charge in [0.15, 0.2) is 0 Å². The van der Waals surface area contributed by atoms with Gasteiger partial charge >= 0.3 is 0 Å². The molecule has 0 amide bonds. The monoisotopic (exact) mass is 196 g/mol. The number of hydrogen-bond donors (Lipinski definition) is 2. The minimum atomic E-state index is 0.120. The van der Waals surface area contributed by atoms with Gasteiger partial charge in [0.25, 0.3) is 0 Å². The highest BCUT2D eigenvalue weighted by Crippen LogP contribution is 2.17. The first-order valence-corrected chi connectivity index (χ1v) is 4.87. The van der Waals surface area contributed by atoms with E-state index in [9.17, 15) is 0 Å². The molecule has 1 rings (SSSR count). The van der Waals surface area contributed by atoms with Crippen LogP contribution in [0.3, 0.4) is 0 Å². The number of anilines is 1. The molecule has 0 radical (unpaired) electrons. The van der Waals surface area contributed by atoms with Crippen LogP contribution in [0, 0.1) is 12.3 Å². The van der Waals surface area contributed by atoms with Gasteiger partial charge in [0, 0.05) is 25.5 Å². The predicted octanol–water partition coefficient (Wildman–Crippen LogP) is 1.14. The molecule has 1 aromatic heterocycles. The van der Waals surface area contributed by atoms with Crippen molar-refractivity contribution in [2.75, 3.05) is 25.0 Å². The van der Waals surface area contributed by atoms with E-state index < -0.39 is 0 Å². The summed E-state index contributed by atoms with van der Waals surface area (Å²) in [6, 6.07) is 0. The highest BCUT2D eigenvalue weighted by atomic mass is 15.2. The molecule has 80 valence electrons. The van der Waals surface area contributed by atoms with Crippen LogP contribution in [0.1, 0.15) is 19.5 Å². The maximum atomic E-state index is 5.68. The molecule has 0 saturated heterocycles. The van der Waals surface area contributed by atoms with E-state index in [0.29, 0.717) is 6.54 Å². The number of aromatic nitrogens is 2. The summed E-state index contributed by atoms with van der Waals surface area (Å²) in [6.45, 7) is 7.88. The maximum Gasteiger partial charge on any atom is 0.202 e. The summed E-state index contributed by atoms with van der Waals surface area (Å²) in [4.78, 5) is 9.56. The third-order valence-corrected chi connectivity index (χ3v) is 2.27. The Morgan fingerprint density at radius 3 is 2.64 bits per heavy atom. The summed E-state index contributed by atoms with van der Waals surface area (Å²) in [7, 11) is 2.02. The number of nitrogens with zero attached hydrogens (tertiary/aromatic N) is 2. The van der Waals surface area contributed by atoms with Crippen LogP contribution >= 0.6 is 0 Å². The van der Waals surface area contributed by atoms with Crippen molar-refractivity contribution in [1.82, 2.24) is 9.97 Å². The molecule has 0 aliphatic heterocycles. The molecule has 4 nitrogen and oxygen atoms in total. The summed E-state index contributed by atoms with van der Waals surface area (Å²) in [6.07, 6.45) is 1.83. The Labute approximate surface area is 85.5 Å². The number of aromatic amines is 1. The van der Waals surface area contributed by atoms with Crippen LogP contribution in [0.5, 0.6) is 0 Å². The summed E-state index contributed by atoms with van der Waals surface area (Å²) < 4.78 is 0. The van der Waals surface area contributed by atoms with E-state index in [1.165, 1.54) is 0 Å². The number of hydrogen-bond acceptors (Lipinski definition) is 3. The van der Waals surface area contributed by atoms with Gasteiger partial charge in [-0.15, -0.1) is 0 Å². The molecule has 0 bridgehead atoms. The summed E-state index contributed by atoms with van der Waals surface area (Å²) >= 11 is 0. The van der Waals surface area contributed by atoms with E-state index in [1.807, 2.05) is 20.2 Å². The molecule has 1 heterocycles. The van der Waals surface area contributed by atoms with Crippen molar-refractivity contribution >= 4 is 5.95 Å². The molecular weight excluding hydrogens is 176 g/mol. The van der Waals surface area contributed by atoms with E-state index >= 15 is 0 Å². The molecule has 0 aliphatic rings. The number of nitrogens with two attached hydrogens (primary N) is 1. The lowest BCUT2D eigenvalue weighted by molar-refractivity contribution is 0.383. The van der Waals surface area contributed by atoms with Crippen molar-refractivity contribution in [3.63, 3.8) is 0 Å². The highest BCUT2D eigenvalue weighted by molar-refractivity contribution is 5.29. The van der Waals surface area contributed by atoms with E-state index in [4.69, 9.17) is 5.73 Å². The zero-order chi connectivity index (χ0) is 10.8. The molecule has 14 heavy (non-hydrogen) atoms. The Hall–Kier alpha value is -1.03. The maximum absolute atomic E-state index is 5.68. The number of nitrogens with one attached hydrogen (secondary N) is 1. The number of H-pyrrole nitrogens is 1. The highest BCUT2D eigenvalue weighted by Gasteiger charge is 2.19. The first kappa shape index (κ1) is 11.0. The molecular formula is C10H20N4. The van der Waals surface area contributed by atoms with Gasteiger partial charge in [0.05, 0.1) is 0 Å². The van der Waals surface area contributed by atoms with Gasteiger partial charge < -0.3 is 15.6 Å². The Balaban J connectivity index is 2.63. The molecule has 0 atom stereocenters. The zero-order valence-corrected chi connectivity index (χ0v) is 9.46. The van der Waals surface area contributed by atoms with Crippen molar-refractivity contribution in [2.45, 2.75) is 20.8 Å². The average Bonchev–Trinajstić information content (AvgIpc) is 2.51. The van der Waals surface area contributed by atoms with Crippen molar-refractivity contribution in [3.8, 4) is 0 Å². The van der Waals surface area contributed by atoms with Gasteiger partial charge in [-0.2, -0.15) is 0 Å². The molecule has 1 aromatic rings. The van der Waals surface area contributed by atoms with Gasteiger partial charge in [-0.25, -0.2) is 4.98 Å². The summed E-state index contributed by atoms with van der Waals surface area (Å²) in [5.74, 6) is 0.907. The van der Waals surface area contributed by atoms with Gasteiger partial charge in [-0.1, -0.05) is 13.8 Å². The minimum Gasteiger partial charge on any atom is -0.345 e. The topological polar surface area (TPSA) is 57.9 Å². The SMILES string of the molecule is Cc1cnc(N(C)CC(C)(C)CN)[nH]1. The Morgan fingerprint density at radius 2 is 2.21 bits per heavy atom. The van der Waals surface area contributed by atoms with E-state index in [1.54, 1.807) is 0 Å². The molecule has 0 fully saturated rings. The van der Waals surface area contributed by atoms with Crippen LogP contribution in [-0.4, -0.2) is 30.1 Å². The fourth-order valence-electron chi connectivity index (χ4n) is 1.37. The zero-order valence-electron chi connectivity index (χ0n) is 9.46. The van der Waals surface area contributed by atoms with Crippen molar-refractivity contribution in [1.29, 1.82) is 0 Å². The normalized spacial score (nSPS) is 11.8. The van der Waals surface area contributed by atoms with E-state index in [2.05, 4.69) is 28.7 Å². The predicted molar refractivity (Wildman–Crippen MR) is 59.4 cm³/mol. The lowest BCUT2D eigenvalue weighted by Gasteiger charge is -2.28. The standard InChI is InChI=1S/C10H20N4/c1-8-5-12-9(13-8)14(4)7-10(2,3)6-11/h5H,6-7,11H2,1-4H3,(H,12,13). The molecule has 3 N–H and O–H groups in total. The number of aryl methyl sites for hydroxylation is 1. The molecule has 0 aliphatic carbocycles.